The van der Waals surface area contributed by atoms with Crippen LogP contribution in [0.1, 0.15) is 31.0 Å². The molecule has 1 amide bonds. The van der Waals surface area contributed by atoms with E-state index in [2.05, 4.69) is 10.3 Å². The topological polar surface area (TPSA) is 68.0 Å². The Hall–Kier alpha value is -1.42. The van der Waals surface area contributed by atoms with Gasteiger partial charge in [-0.1, -0.05) is 6.92 Å². The van der Waals surface area contributed by atoms with Gasteiger partial charge in [-0.25, -0.2) is 4.98 Å². The van der Waals surface area contributed by atoms with Gasteiger partial charge in [0.2, 0.25) is 5.91 Å². The third-order valence-corrected chi connectivity index (χ3v) is 2.64. The highest BCUT2D eigenvalue weighted by molar-refractivity contribution is 5.91. The number of anilines is 1. The van der Waals surface area contributed by atoms with Gasteiger partial charge in [-0.2, -0.15) is 0 Å². The predicted octanol–water partition coefficient (Wildman–Crippen LogP) is 2.01. The molecule has 94 valence electrons. The molecule has 0 aliphatic rings. The molecule has 0 aromatic carbocycles. The Morgan fingerprint density at radius 3 is 2.76 bits per heavy atom. The summed E-state index contributed by atoms with van der Waals surface area (Å²) in [6.07, 6.45) is 1.68. The van der Waals surface area contributed by atoms with Crippen molar-refractivity contribution in [2.24, 2.45) is 11.7 Å². The van der Waals surface area contributed by atoms with E-state index in [1.807, 2.05) is 32.9 Å². The predicted molar refractivity (Wildman–Crippen MR) is 69.8 cm³/mol. The standard InChI is InChI=1S/C13H21N3O/c1-9-7-11(3)15-12(8-9)16-13(17)10(2)5-4-6-14/h7-8,10H,4-6,14H2,1-3H3,(H,15,16,17). The number of nitrogens with one attached hydrogen (secondary N) is 1. The molecule has 0 fully saturated rings. The molecule has 0 aliphatic heterocycles. The highest BCUT2D eigenvalue weighted by atomic mass is 16.1. The maximum Gasteiger partial charge on any atom is 0.228 e. The van der Waals surface area contributed by atoms with Crippen LogP contribution in [0, 0.1) is 19.8 Å². The van der Waals surface area contributed by atoms with Crippen LogP contribution in [-0.4, -0.2) is 17.4 Å². The van der Waals surface area contributed by atoms with E-state index in [4.69, 9.17) is 5.73 Å². The molecule has 0 saturated carbocycles. The van der Waals surface area contributed by atoms with Gasteiger partial charge in [0.1, 0.15) is 5.82 Å². The van der Waals surface area contributed by atoms with Crippen LogP contribution in [-0.2, 0) is 4.79 Å². The van der Waals surface area contributed by atoms with Gasteiger partial charge in [0.15, 0.2) is 0 Å². The van der Waals surface area contributed by atoms with Gasteiger partial charge in [-0.05, 0) is 50.9 Å². The van der Waals surface area contributed by atoms with Crippen molar-refractivity contribution in [3.05, 3.63) is 23.4 Å². The number of hydrogen-bond donors (Lipinski definition) is 2. The lowest BCUT2D eigenvalue weighted by Crippen LogP contribution is -2.21. The van der Waals surface area contributed by atoms with Crippen molar-refractivity contribution in [3.8, 4) is 0 Å². The molecule has 3 N–H and O–H groups in total. The normalized spacial score (nSPS) is 12.2. The Labute approximate surface area is 103 Å². The van der Waals surface area contributed by atoms with E-state index in [-0.39, 0.29) is 11.8 Å². The zero-order valence-corrected chi connectivity index (χ0v) is 10.8. The number of pyridine rings is 1. The average Bonchev–Trinajstić information content (AvgIpc) is 2.24. The van der Waals surface area contributed by atoms with Crippen LogP contribution in [0.25, 0.3) is 0 Å². The summed E-state index contributed by atoms with van der Waals surface area (Å²) in [5.74, 6) is 0.615. The van der Waals surface area contributed by atoms with Crippen LogP contribution in [0.4, 0.5) is 5.82 Å². The Balaban J connectivity index is 2.61. The Bertz CT molecular complexity index is 370. The third kappa shape index (κ3) is 4.53. The number of rotatable bonds is 5. The maximum absolute atomic E-state index is 11.8. The van der Waals surface area contributed by atoms with E-state index in [1.54, 1.807) is 0 Å². The number of nitrogens with two attached hydrogens (primary N) is 1. The van der Waals surface area contributed by atoms with Crippen LogP contribution in [0.5, 0.6) is 0 Å². The number of carbonyl (C=O) groups excluding carboxylic acids is 1. The molecular weight excluding hydrogens is 214 g/mol. The van der Waals surface area contributed by atoms with E-state index < -0.39 is 0 Å². The molecule has 1 heterocycles. The second kappa shape index (κ2) is 6.35. The molecule has 4 nitrogen and oxygen atoms in total. The summed E-state index contributed by atoms with van der Waals surface area (Å²) < 4.78 is 0. The number of amides is 1. The maximum atomic E-state index is 11.8. The Kier molecular flexibility index (Phi) is 5.10. The van der Waals surface area contributed by atoms with Gasteiger partial charge >= 0.3 is 0 Å². The molecule has 1 atom stereocenters. The second-order valence-corrected chi connectivity index (χ2v) is 4.49. The summed E-state index contributed by atoms with van der Waals surface area (Å²) in [6.45, 7) is 6.44. The van der Waals surface area contributed by atoms with Crippen LogP contribution in [0.2, 0.25) is 0 Å². The fraction of sp³-hybridized carbons (Fsp3) is 0.538. The molecule has 0 spiro atoms. The number of nitrogens with zero attached hydrogens (tertiary/aromatic N) is 1. The molecule has 17 heavy (non-hydrogen) atoms. The Morgan fingerprint density at radius 2 is 2.18 bits per heavy atom. The van der Waals surface area contributed by atoms with Crippen LogP contribution < -0.4 is 11.1 Å². The van der Waals surface area contributed by atoms with Gasteiger partial charge in [-0.3, -0.25) is 4.79 Å². The fourth-order valence-corrected chi connectivity index (χ4v) is 1.71. The summed E-state index contributed by atoms with van der Waals surface area (Å²) >= 11 is 0. The van der Waals surface area contributed by atoms with E-state index in [0.29, 0.717) is 12.4 Å². The van der Waals surface area contributed by atoms with Gasteiger partial charge in [0.05, 0.1) is 0 Å². The van der Waals surface area contributed by atoms with Crippen LogP contribution in [0.3, 0.4) is 0 Å². The van der Waals surface area contributed by atoms with Crippen molar-refractivity contribution in [2.45, 2.75) is 33.6 Å². The fourth-order valence-electron chi connectivity index (χ4n) is 1.71. The summed E-state index contributed by atoms with van der Waals surface area (Å²) in [7, 11) is 0. The zero-order chi connectivity index (χ0) is 12.8. The van der Waals surface area contributed by atoms with E-state index in [0.717, 1.165) is 24.1 Å². The van der Waals surface area contributed by atoms with Crippen LogP contribution >= 0.6 is 0 Å². The largest absolute Gasteiger partial charge is 0.330 e. The van der Waals surface area contributed by atoms with Gasteiger partial charge < -0.3 is 11.1 Å². The number of aryl methyl sites for hydroxylation is 2. The summed E-state index contributed by atoms with van der Waals surface area (Å²) in [5.41, 5.74) is 7.44. The quantitative estimate of drug-likeness (QED) is 0.820. The summed E-state index contributed by atoms with van der Waals surface area (Å²) in [5, 5.41) is 2.84. The van der Waals surface area contributed by atoms with E-state index in [1.165, 1.54) is 0 Å². The lowest BCUT2D eigenvalue weighted by molar-refractivity contribution is -0.119. The number of hydrogen-bond acceptors (Lipinski definition) is 3. The third-order valence-electron chi connectivity index (χ3n) is 2.64. The van der Waals surface area contributed by atoms with Crippen molar-refractivity contribution in [1.29, 1.82) is 0 Å². The first-order valence-electron chi connectivity index (χ1n) is 5.99. The SMILES string of the molecule is Cc1cc(C)nc(NC(=O)C(C)CCCN)c1. The molecule has 4 heteroatoms. The van der Waals surface area contributed by atoms with Crippen molar-refractivity contribution < 1.29 is 4.79 Å². The smallest absolute Gasteiger partial charge is 0.228 e. The minimum atomic E-state index is -0.0267. The molecular formula is C13H21N3O. The average molecular weight is 235 g/mol. The van der Waals surface area contributed by atoms with Crippen LogP contribution in [0.15, 0.2) is 12.1 Å². The van der Waals surface area contributed by atoms with E-state index in [9.17, 15) is 4.79 Å². The molecule has 1 rings (SSSR count). The second-order valence-electron chi connectivity index (χ2n) is 4.49. The molecule has 1 aromatic heterocycles. The molecule has 0 saturated heterocycles. The van der Waals surface area contributed by atoms with Crippen molar-refractivity contribution in [1.82, 2.24) is 4.98 Å². The summed E-state index contributed by atoms with van der Waals surface area (Å²) in [6, 6.07) is 3.86. The minimum Gasteiger partial charge on any atom is -0.330 e. The number of carbonyl (C=O) groups is 1. The Morgan fingerprint density at radius 1 is 1.47 bits per heavy atom. The van der Waals surface area contributed by atoms with E-state index >= 15 is 0 Å². The summed E-state index contributed by atoms with van der Waals surface area (Å²) in [4.78, 5) is 16.1. The first-order valence-corrected chi connectivity index (χ1v) is 5.99. The molecule has 0 aliphatic carbocycles. The van der Waals surface area contributed by atoms with Crippen molar-refractivity contribution >= 4 is 11.7 Å². The van der Waals surface area contributed by atoms with Gasteiger partial charge in [0, 0.05) is 11.6 Å². The highest BCUT2D eigenvalue weighted by Crippen LogP contribution is 2.12. The molecule has 1 unspecified atom stereocenters. The highest BCUT2D eigenvalue weighted by Gasteiger charge is 2.13. The molecule has 0 radical (unpaired) electrons. The minimum absolute atomic E-state index is 0.0101. The monoisotopic (exact) mass is 235 g/mol. The molecule has 0 bridgehead atoms. The van der Waals surface area contributed by atoms with Crippen molar-refractivity contribution in [3.63, 3.8) is 0 Å². The van der Waals surface area contributed by atoms with Gasteiger partial charge in [0.25, 0.3) is 0 Å². The first kappa shape index (κ1) is 13.6. The van der Waals surface area contributed by atoms with Crippen molar-refractivity contribution in [2.75, 3.05) is 11.9 Å². The number of aromatic nitrogens is 1. The first-order chi connectivity index (χ1) is 8.02. The zero-order valence-electron chi connectivity index (χ0n) is 10.8. The lowest BCUT2D eigenvalue weighted by atomic mass is 10.1. The van der Waals surface area contributed by atoms with Gasteiger partial charge in [-0.15, -0.1) is 0 Å². The lowest BCUT2D eigenvalue weighted by Gasteiger charge is -2.11. The molecule has 1 aromatic rings.